The van der Waals surface area contributed by atoms with Crippen molar-refractivity contribution >= 4 is 18.0 Å². The van der Waals surface area contributed by atoms with E-state index < -0.39 is 6.09 Å². The molecule has 1 radical (unpaired) electrons. The first-order valence-corrected chi connectivity index (χ1v) is 2.50. The second-order valence-corrected chi connectivity index (χ2v) is 1.21. The quantitative estimate of drug-likeness (QED) is 0.492. The van der Waals surface area contributed by atoms with Crippen molar-refractivity contribution in [1.29, 1.82) is 0 Å². The molecular formula is C2H4NO2S. The van der Waals surface area contributed by atoms with E-state index >= 15 is 0 Å². The minimum Gasteiger partial charge on any atom is -0.262 e. The lowest BCUT2D eigenvalue weighted by Gasteiger charge is -1.82. The fourth-order valence-corrected chi connectivity index (χ4v) is 0.250. The molecule has 0 aliphatic rings. The van der Waals surface area contributed by atoms with Crippen molar-refractivity contribution in [1.82, 2.24) is 4.72 Å². The van der Waals surface area contributed by atoms with Gasteiger partial charge in [0.25, 0.3) is 0 Å². The van der Waals surface area contributed by atoms with E-state index in [9.17, 15) is 9.90 Å². The maximum Gasteiger partial charge on any atom is 0.460 e. The SMILES string of the molecule is CSNC([O])=O. The third-order valence-electron chi connectivity index (χ3n) is 0.185. The van der Waals surface area contributed by atoms with Crippen molar-refractivity contribution in [3.8, 4) is 0 Å². The van der Waals surface area contributed by atoms with Crippen molar-refractivity contribution in [3.63, 3.8) is 0 Å². The zero-order valence-electron chi connectivity index (χ0n) is 3.22. The van der Waals surface area contributed by atoms with Gasteiger partial charge in [-0.2, -0.15) is 0 Å². The summed E-state index contributed by atoms with van der Waals surface area (Å²) in [5, 5.41) is 9.36. The zero-order valence-corrected chi connectivity index (χ0v) is 4.04. The van der Waals surface area contributed by atoms with Crippen LogP contribution in [0.4, 0.5) is 4.79 Å². The molecule has 0 aliphatic carbocycles. The molecule has 4 heteroatoms. The molecule has 0 bridgehead atoms. The van der Waals surface area contributed by atoms with E-state index in [0.717, 1.165) is 11.9 Å². The molecule has 0 aromatic rings. The summed E-state index contributed by atoms with van der Waals surface area (Å²) in [6.45, 7) is 0. The minimum absolute atomic E-state index is 0.998. The van der Waals surface area contributed by atoms with Crippen molar-refractivity contribution in [2.45, 2.75) is 0 Å². The third-order valence-corrected chi connectivity index (χ3v) is 0.556. The molecule has 1 amide bonds. The third kappa shape index (κ3) is 3.62. The highest BCUT2D eigenvalue weighted by atomic mass is 32.2. The molecule has 0 spiro atoms. The van der Waals surface area contributed by atoms with E-state index in [1.165, 1.54) is 0 Å². The Labute approximate surface area is 39.9 Å². The van der Waals surface area contributed by atoms with Gasteiger partial charge in [-0.15, -0.1) is 0 Å². The largest absolute Gasteiger partial charge is 0.460 e. The molecule has 1 N–H and O–H groups in total. The van der Waals surface area contributed by atoms with Crippen LogP contribution in [0.5, 0.6) is 0 Å². The highest BCUT2D eigenvalue weighted by Gasteiger charge is 1.88. The predicted molar refractivity (Wildman–Crippen MR) is 22.7 cm³/mol. The Balaban J connectivity index is 2.83. The summed E-state index contributed by atoms with van der Waals surface area (Å²) in [6, 6.07) is 0. The second kappa shape index (κ2) is 2.84. The summed E-state index contributed by atoms with van der Waals surface area (Å²) in [5.41, 5.74) is 0. The van der Waals surface area contributed by atoms with Crippen molar-refractivity contribution in [2.75, 3.05) is 6.26 Å². The highest BCUT2D eigenvalue weighted by Crippen LogP contribution is 1.78. The summed E-state index contributed by atoms with van der Waals surface area (Å²) < 4.78 is 1.93. The van der Waals surface area contributed by atoms with Crippen LogP contribution in [0.1, 0.15) is 0 Å². The Morgan fingerprint density at radius 2 is 2.33 bits per heavy atom. The lowest BCUT2D eigenvalue weighted by Crippen LogP contribution is -2.08. The molecule has 0 atom stereocenters. The van der Waals surface area contributed by atoms with Gasteiger partial charge < -0.3 is 0 Å². The van der Waals surface area contributed by atoms with E-state index in [4.69, 9.17) is 0 Å². The number of rotatable bonds is 1. The van der Waals surface area contributed by atoms with Crippen molar-refractivity contribution in [2.24, 2.45) is 0 Å². The molecule has 0 heterocycles. The number of hydrogen-bond donors (Lipinski definition) is 1. The molecule has 0 saturated heterocycles. The maximum atomic E-state index is 9.36. The van der Waals surface area contributed by atoms with Crippen molar-refractivity contribution in [3.05, 3.63) is 0 Å². The second-order valence-electron chi connectivity index (χ2n) is 0.594. The molecule has 0 rings (SSSR count). The van der Waals surface area contributed by atoms with Gasteiger partial charge in [0.15, 0.2) is 0 Å². The standard InChI is InChI=1S/C2H4NO2S/c1-6-3-2(4)5/h3H,1H3. The molecule has 0 aliphatic heterocycles. The fraction of sp³-hybridized carbons (Fsp3) is 0.500. The Hall–Kier alpha value is -0.380. The van der Waals surface area contributed by atoms with Crippen LogP contribution in [0.25, 0.3) is 0 Å². The number of carbonyl (C=O) groups excluding carboxylic acids is 1. The van der Waals surface area contributed by atoms with E-state index in [-0.39, 0.29) is 0 Å². The molecule has 0 aromatic carbocycles. The summed E-state index contributed by atoms with van der Waals surface area (Å²) in [5.74, 6) is 0. The molecule has 3 nitrogen and oxygen atoms in total. The summed E-state index contributed by atoms with van der Waals surface area (Å²) >= 11 is 0.998. The van der Waals surface area contributed by atoms with Gasteiger partial charge in [-0.25, -0.2) is 9.90 Å². The molecule has 35 valence electrons. The van der Waals surface area contributed by atoms with Gasteiger partial charge in [-0.1, -0.05) is 11.9 Å². The van der Waals surface area contributed by atoms with Gasteiger partial charge >= 0.3 is 6.09 Å². The molecule has 6 heavy (non-hydrogen) atoms. The fourth-order valence-electron chi connectivity index (χ4n) is 0.0833. The molecule has 0 fully saturated rings. The predicted octanol–water partition coefficient (Wildman–Crippen LogP) is 0.404. The van der Waals surface area contributed by atoms with Crippen LogP contribution in [0.15, 0.2) is 0 Å². The van der Waals surface area contributed by atoms with Gasteiger partial charge in [0.05, 0.1) is 0 Å². The number of hydrogen-bond acceptors (Lipinski definition) is 2. The first-order valence-electron chi connectivity index (χ1n) is 1.27. The van der Waals surface area contributed by atoms with Crippen LogP contribution in [0.2, 0.25) is 0 Å². The summed E-state index contributed by atoms with van der Waals surface area (Å²) in [4.78, 5) is 9.36. The van der Waals surface area contributed by atoms with E-state index in [1.54, 1.807) is 6.26 Å². The van der Waals surface area contributed by atoms with E-state index in [0.29, 0.717) is 0 Å². The van der Waals surface area contributed by atoms with Crippen molar-refractivity contribution < 1.29 is 9.90 Å². The van der Waals surface area contributed by atoms with Gasteiger partial charge in [0.1, 0.15) is 0 Å². The molecule has 0 unspecified atom stereocenters. The first kappa shape index (κ1) is 5.62. The van der Waals surface area contributed by atoms with Gasteiger partial charge in [0.2, 0.25) is 0 Å². The monoisotopic (exact) mass is 106 g/mol. The minimum atomic E-state index is -1.25. The lowest BCUT2D eigenvalue weighted by molar-refractivity contribution is 0.176. The zero-order chi connectivity index (χ0) is 4.99. The number of carbonyl (C=O) groups is 1. The Kier molecular flexibility index (Phi) is 2.66. The average molecular weight is 106 g/mol. The van der Waals surface area contributed by atoms with Gasteiger partial charge in [-0.3, -0.25) is 4.72 Å². The number of amides is 1. The van der Waals surface area contributed by atoms with Crippen LogP contribution in [0, 0.1) is 0 Å². The maximum absolute atomic E-state index is 9.36. The van der Waals surface area contributed by atoms with E-state index in [1.807, 2.05) is 4.72 Å². The lowest BCUT2D eigenvalue weighted by atomic mass is 11.3. The van der Waals surface area contributed by atoms with Crippen LogP contribution in [-0.2, 0) is 5.11 Å². The highest BCUT2D eigenvalue weighted by molar-refractivity contribution is 7.97. The summed E-state index contributed by atoms with van der Waals surface area (Å²) in [7, 11) is 0. The summed E-state index contributed by atoms with van der Waals surface area (Å²) in [6.07, 6.45) is 0.359. The first-order chi connectivity index (χ1) is 2.77. The van der Waals surface area contributed by atoms with E-state index in [2.05, 4.69) is 0 Å². The van der Waals surface area contributed by atoms with Gasteiger partial charge in [-0.05, 0) is 0 Å². The number of nitrogens with one attached hydrogen (secondary N) is 1. The molecular weight excluding hydrogens is 102 g/mol. The topological polar surface area (TPSA) is 49.0 Å². The Bertz CT molecular complexity index is 55.5. The Morgan fingerprint density at radius 1 is 1.83 bits per heavy atom. The van der Waals surface area contributed by atoms with Crippen LogP contribution < -0.4 is 4.72 Å². The van der Waals surface area contributed by atoms with Crippen LogP contribution in [0.3, 0.4) is 0 Å². The smallest absolute Gasteiger partial charge is 0.262 e. The molecule has 0 saturated carbocycles. The molecule has 0 aromatic heterocycles. The normalized spacial score (nSPS) is 7.50. The van der Waals surface area contributed by atoms with Gasteiger partial charge in [0, 0.05) is 6.26 Å². The average Bonchev–Trinajstić information content (AvgIpc) is 1.35. The van der Waals surface area contributed by atoms with Crippen LogP contribution >= 0.6 is 11.9 Å². The van der Waals surface area contributed by atoms with Crippen LogP contribution in [-0.4, -0.2) is 12.3 Å². The Morgan fingerprint density at radius 3 is 2.33 bits per heavy atom.